The van der Waals surface area contributed by atoms with E-state index in [1.165, 1.54) is 11.3 Å². The van der Waals surface area contributed by atoms with Crippen LogP contribution in [0.2, 0.25) is 0 Å². The summed E-state index contributed by atoms with van der Waals surface area (Å²) in [6.45, 7) is 4.77. The minimum absolute atomic E-state index is 0.0946. The first-order chi connectivity index (χ1) is 7.72. The molecule has 0 amide bonds. The first-order valence-electron chi connectivity index (χ1n) is 5.20. The Morgan fingerprint density at radius 1 is 1.56 bits per heavy atom. The molecule has 2 aromatic rings. The zero-order chi connectivity index (χ0) is 11.5. The van der Waals surface area contributed by atoms with Crippen molar-refractivity contribution < 1.29 is 4.79 Å². The van der Waals surface area contributed by atoms with Crippen molar-refractivity contribution in [1.82, 2.24) is 14.5 Å². The Kier molecular flexibility index (Phi) is 3.14. The third-order valence-electron chi connectivity index (χ3n) is 2.23. The SMILES string of the molecule is CCCn1ccnc1C(=O)c1csc(C)n1. The zero-order valence-electron chi connectivity index (χ0n) is 9.30. The number of carbonyl (C=O) groups excluding carboxylic acids is 1. The average molecular weight is 235 g/mol. The van der Waals surface area contributed by atoms with E-state index >= 15 is 0 Å². The van der Waals surface area contributed by atoms with Crippen LogP contribution in [0.25, 0.3) is 0 Å². The van der Waals surface area contributed by atoms with Crippen molar-refractivity contribution >= 4 is 17.1 Å². The molecule has 0 bridgehead atoms. The van der Waals surface area contributed by atoms with Gasteiger partial charge in [0.1, 0.15) is 5.69 Å². The highest BCUT2D eigenvalue weighted by molar-refractivity contribution is 7.09. The van der Waals surface area contributed by atoms with E-state index in [4.69, 9.17) is 0 Å². The Bertz CT molecular complexity index is 501. The molecule has 0 aliphatic carbocycles. The lowest BCUT2D eigenvalue weighted by molar-refractivity contribution is 0.102. The Balaban J connectivity index is 2.30. The number of rotatable bonds is 4. The summed E-state index contributed by atoms with van der Waals surface area (Å²) in [6, 6.07) is 0. The van der Waals surface area contributed by atoms with Crippen LogP contribution >= 0.6 is 11.3 Å². The van der Waals surface area contributed by atoms with Gasteiger partial charge >= 0.3 is 0 Å². The summed E-state index contributed by atoms with van der Waals surface area (Å²) in [6.07, 6.45) is 4.46. The fourth-order valence-electron chi connectivity index (χ4n) is 1.52. The second kappa shape index (κ2) is 4.57. The molecular weight excluding hydrogens is 222 g/mol. The van der Waals surface area contributed by atoms with E-state index < -0.39 is 0 Å². The molecule has 0 aliphatic heterocycles. The average Bonchev–Trinajstić information content (AvgIpc) is 2.87. The van der Waals surface area contributed by atoms with Crippen LogP contribution < -0.4 is 0 Å². The Labute approximate surface area is 98.0 Å². The topological polar surface area (TPSA) is 47.8 Å². The van der Waals surface area contributed by atoms with Gasteiger partial charge in [-0.3, -0.25) is 4.79 Å². The lowest BCUT2D eigenvalue weighted by atomic mass is 10.3. The Hall–Kier alpha value is -1.49. The van der Waals surface area contributed by atoms with E-state index in [9.17, 15) is 4.79 Å². The largest absolute Gasteiger partial charge is 0.328 e. The lowest BCUT2D eigenvalue weighted by Crippen LogP contribution is -2.11. The van der Waals surface area contributed by atoms with Gasteiger partial charge in [0, 0.05) is 24.3 Å². The van der Waals surface area contributed by atoms with Crippen LogP contribution in [0.4, 0.5) is 0 Å². The minimum Gasteiger partial charge on any atom is -0.328 e. The smallest absolute Gasteiger partial charge is 0.247 e. The Morgan fingerprint density at radius 3 is 3.00 bits per heavy atom. The number of hydrogen-bond acceptors (Lipinski definition) is 4. The second-order valence-electron chi connectivity index (χ2n) is 3.53. The number of ketones is 1. The number of thiazole rings is 1. The molecule has 84 valence electrons. The van der Waals surface area contributed by atoms with E-state index in [2.05, 4.69) is 16.9 Å². The summed E-state index contributed by atoms with van der Waals surface area (Å²) in [5, 5.41) is 2.68. The van der Waals surface area contributed by atoms with Gasteiger partial charge in [-0.2, -0.15) is 0 Å². The normalized spacial score (nSPS) is 10.6. The number of imidazole rings is 1. The molecule has 0 fully saturated rings. The number of nitrogens with zero attached hydrogens (tertiary/aromatic N) is 3. The molecule has 0 saturated heterocycles. The number of hydrogen-bond donors (Lipinski definition) is 0. The third-order valence-corrected chi connectivity index (χ3v) is 3.01. The van der Waals surface area contributed by atoms with E-state index in [0.29, 0.717) is 11.5 Å². The van der Waals surface area contributed by atoms with Crippen LogP contribution in [-0.4, -0.2) is 20.3 Å². The number of aryl methyl sites for hydroxylation is 2. The van der Waals surface area contributed by atoms with E-state index in [0.717, 1.165) is 18.0 Å². The number of aromatic nitrogens is 3. The zero-order valence-corrected chi connectivity index (χ0v) is 10.1. The summed E-state index contributed by atoms with van der Waals surface area (Å²) in [7, 11) is 0. The predicted octanol–water partition coefficient (Wildman–Crippen LogP) is 2.29. The minimum atomic E-state index is -0.0946. The van der Waals surface area contributed by atoms with Gasteiger partial charge in [0.15, 0.2) is 5.82 Å². The molecule has 4 nitrogen and oxygen atoms in total. The summed E-state index contributed by atoms with van der Waals surface area (Å²) >= 11 is 1.48. The highest BCUT2D eigenvalue weighted by atomic mass is 32.1. The molecule has 16 heavy (non-hydrogen) atoms. The van der Waals surface area contributed by atoms with Crippen LogP contribution in [0.5, 0.6) is 0 Å². The summed E-state index contributed by atoms with van der Waals surface area (Å²) in [4.78, 5) is 20.4. The van der Waals surface area contributed by atoms with Crippen molar-refractivity contribution in [3.05, 3.63) is 34.3 Å². The van der Waals surface area contributed by atoms with E-state index in [1.54, 1.807) is 11.6 Å². The summed E-state index contributed by atoms with van der Waals surface area (Å²) in [5.41, 5.74) is 0.492. The van der Waals surface area contributed by atoms with Crippen LogP contribution in [0.15, 0.2) is 17.8 Å². The maximum absolute atomic E-state index is 12.1. The van der Waals surface area contributed by atoms with E-state index in [-0.39, 0.29) is 5.78 Å². The van der Waals surface area contributed by atoms with Crippen LogP contribution in [0.3, 0.4) is 0 Å². The van der Waals surface area contributed by atoms with Gasteiger partial charge in [0.25, 0.3) is 0 Å². The molecule has 0 atom stereocenters. The van der Waals surface area contributed by atoms with Crippen molar-refractivity contribution in [2.45, 2.75) is 26.8 Å². The maximum atomic E-state index is 12.1. The molecule has 0 unspecified atom stereocenters. The molecule has 5 heteroatoms. The molecule has 2 heterocycles. The van der Waals surface area contributed by atoms with Crippen LogP contribution in [-0.2, 0) is 6.54 Å². The summed E-state index contributed by atoms with van der Waals surface area (Å²) in [5.74, 6) is 0.384. The third kappa shape index (κ3) is 2.04. The molecule has 0 saturated carbocycles. The van der Waals surface area contributed by atoms with Gasteiger partial charge in [-0.1, -0.05) is 6.92 Å². The van der Waals surface area contributed by atoms with E-state index in [1.807, 2.05) is 17.7 Å². The first-order valence-corrected chi connectivity index (χ1v) is 6.08. The maximum Gasteiger partial charge on any atom is 0.247 e. The highest BCUT2D eigenvalue weighted by Crippen LogP contribution is 2.12. The van der Waals surface area contributed by atoms with Crippen molar-refractivity contribution in [3.63, 3.8) is 0 Å². The van der Waals surface area contributed by atoms with Crippen molar-refractivity contribution in [1.29, 1.82) is 0 Å². The van der Waals surface area contributed by atoms with Gasteiger partial charge in [-0.15, -0.1) is 11.3 Å². The van der Waals surface area contributed by atoms with Crippen LogP contribution in [0, 0.1) is 6.92 Å². The quantitative estimate of drug-likeness (QED) is 0.764. The molecule has 0 N–H and O–H groups in total. The number of carbonyl (C=O) groups is 1. The highest BCUT2D eigenvalue weighted by Gasteiger charge is 2.17. The van der Waals surface area contributed by atoms with Gasteiger partial charge in [0.05, 0.1) is 5.01 Å². The van der Waals surface area contributed by atoms with Crippen molar-refractivity contribution in [2.24, 2.45) is 0 Å². The molecule has 2 rings (SSSR count). The standard InChI is InChI=1S/C11H13N3OS/c1-3-5-14-6-4-12-11(14)10(15)9-7-16-8(2)13-9/h4,6-7H,3,5H2,1-2H3. The first kappa shape index (κ1) is 11.0. The van der Waals surface area contributed by atoms with Crippen molar-refractivity contribution in [3.8, 4) is 0 Å². The molecule has 0 radical (unpaired) electrons. The van der Waals surface area contributed by atoms with Gasteiger partial charge in [0.2, 0.25) is 5.78 Å². The Morgan fingerprint density at radius 2 is 2.38 bits per heavy atom. The van der Waals surface area contributed by atoms with Crippen molar-refractivity contribution in [2.75, 3.05) is 0 Å². The molecule has 2 aromatic heterocycles. The molecule has 0 spiro atoms. The molecule has 0 aromatic carbocycles. The molecular formula is C11H13N3OS. The monoisotopic (exact) mass is 235 g/mol. The summed E-state index contributed by atoms with van der Waals surface area (Å²) < 4.78 is 1.87. The predicted molar refractivity (Wildman–Crippen MR) is 62.8 cm³/mol. The fourth-order valence-corrected chi connectivity index (χ4v) is 2.11. The van der Waals surface area contributed by atoms with Gasteiger partial charge < -0.3 is 4.57 Å². The fraction of sp³-hybridized carbons (Fsp3) is 0.364. The van der Waals surface area contributed by atoms with Crippen LogP contribution in [0.1, 0.15) is 34.7 Å². The van der Waals surface area contributed by atoms with Gasteiger partial charge in [-0.25, -0.2) is 9.97 Å². The molecule has 0 aliphatic rings. The second-order valence-corrected chi connectivity index (χ2v) is 4.59. The lowest BCUT2D eigenvalue weighted by Gasteiger charge is -2.03. The van der Waals surface area contributed by atoms with Gasteiger partial charge in [-0.05, 0) is 13.3 Å².